The summed E-state index contributed by atoms with van der Waals surface area (Å²) in [5.41, 5.74) is 4.42. The molecule has 0 aliphatic carbocycles. The van der Waals surface area contributed by atoms with Gasteiger partial charge in [0.05, 0.1) is 0 Å². The largest absolute Gasteiger partial charge is 0.0984 e. The van der Waals surface area contributed by atoms with E-state index in [-0.39, 0.29) is 0 Å². The maximum absolute atomic E-state index is 3.95. The summed E-state index contributed by atoms with van der Waals surface area (Å²) < 4.78 is 0. The normalized spacial score (nSPS) is 9.31. The van der Waals surface area contributed by atoms with Crippen LogP contribution in [0.3, 0.4) is 0 Å². The van der Waals surface area contributed by atoms with E-state index >= 15 is 0 Å². The van der Waals surface area contributed by atoms with Crippen molar-refractivity contribution in [1.29, 1.82) is 0 Å². The molecule has 1 aromatic carbocycles. The van der Waals surface area contributed by atoms with Crippen molar-refractivity contribution in [3.8, 4) is 0 Å². The zero-order chi connectivity index (χ0) is 9.84. The van der Waals surface area contributed by atoms with E-state index in [1.807, 2.05) is 37.3 Å². The first-order chi connectivity index (χ1) is 6.20. The van der Waals surface area contributed by atoms with Crippen LogP contribution in [0.4, 0.5) is 0 Å². The lowest BCUT2D eigenvalue weighted by Crippen LogP contribution is -1.88. The summed E-state index contributed by atoms with van der Waals surface area (Å²) >= 11 is 0. The predicted octanol–water partition coefficient (Wildman–Crippen LogP) is 4.01. The van der Waals surface area contributed by atoms with Gasteiger partial charge in [-0.15, -0.1) is 0 Å². The molecule has 1 aromatic rings. The fourth-order valence-electron chi connectivity index (χ4n) is 1.42. The van der Waals surface area contributed by atoms with E-state index < -0.39 is 0 Å². The topological polar surface area (TPSA) is 0 Å². The van der Waals surface area contributed by atoms with Crippen molar-refractivity contribution in [2.45, 2.75) is 6.92 Å². The molecule has 66 valence electrons. The molecule has 0 aliphatic rings. The van der Waals surface area contributed by atoms with Gasteiger partial charge in [0, 0.05) is 0 Å². The van der Waals surface area contributed by atoms with E-state index in [1.165, 1.54) is 0 Å². The summed E-state index contributed by atoms with van der Waals surface area (Å²) in [5, 5.41) is 0. The molecule has 0 N–H and O–H groups in total. The molecule has 13 heavy (non-hydrogen) atoms. The number of allylic oxidation sites excluding steroid dienone is 1. The van der Waals surface area contributed by atoms with Crippen LogP contribution in [-0.2, 0) is 0 Å². The maximum atomic E-state index is 3.95. The highest BCUT2D eigenvalue weighted by Gasteiger charge is 2.03. The Hall–Kier alpha value is -1.56. The third-order valence-corrected chi connectivity index (χ3v) is 2.00. The third kappa shape index (κ3) is 1.78. The molecule has 0 aromatic heterocycles. The molecule has 0 fully saturated rings. The first kappa shape index (κ1) is 9.53. The van der Waals surface area contributed by atoms with Gasteiger partial charge in [-0.2, -0.15) is 0 Å². The van der Waals surface area contributed by atoms with Gasteiger partial charge in [-0.25, -0.2) is 0 Å². The smallest absolute Gasteiger partial charge is 0.00885 e. The van der Waals surface area contributed by atoms with Gasteiger partial charge >= 0.3 is 0 Å². The first-order valence-corrected chi connectivity index (χ1v) is 4.24. The molecule has 0 saturated carbocycles. The molecule has 1 rings (SSSR count). The monoisotopic (exact) mass is 170 g/mol. The van der Waals surface area contributed by atoms with Gasteiger partial charge in [0.2, 0.25) is 0 Å². The lowest BCUT2D eigenvalue weighted by Gasteiger charge is -2.09. The van der Waals surface area contributed by atoms with Crippen LogP contribution in [-0.4, -0.2) is 0 Å². The molecule has 0 unspecified atom stereocenters. The minimum absolute atomic E-state index is 1.05. The van der Waals surface area contributed by atoms with Crippen LogP contribution in [0, 0.1) is 0 Å². The van der Waals surface area contributed by atoms with Gasteiger partial charge < -0.3 is 0 Å². The van der Waals surface area contributed by atoms with Gasteiger partial charge in [-0.3, -0.25) is 0 Å². The highest BCUT2D eigenvalue weighted by molar-refractivity contribution is 5.78. The second-order valence-electron chi connectivity index (χ2n) is 3.00. The van der Waals surface area contributed by atoms with Crippen LogP contribution in [0.1, 0.15) is 23.6 Å². The second-order valence-corrected chi connectivity index (χ2v) is 3.00. The average molecular weight is 170 g/mol. The van der Waals surface area contributed by atoms with E-state index in [4.69, 9.17) is 0 Å². The molecular weight excluding hydrogens is 156 g/mol. The van der Waals surface area contributed by atoms with Crippen molar-refractivity contribution >= 4 is 17.7 Å². The van der Waals surface area contributed by atoms with E-state index in [1.54, 1.807) is 0 Å². The maximum Gasteiger partial charge on any atom is -0.00885 e. The summed E-state index contributed by atoms with van der Waals surface area (Å²) in [6.45, 7) is 13.5. The molecule has 0 spiro atoms. The fourth-order valence-corrected chi connectivity index (χ4v) is 1.42. The second kappa shape index (κ2) is 3.90. The Kier molecular flexibility index (Phi) is 2.86. The Morgan fingerprint density at radius 1 is 1.15 bits per heavy atom. The Morgan fingerprint density at radius 2 is 1.62 bits per heavy atom. The molecule has 0 amide bonds. The van der Waals surface area contributed by atoms with Crippen LogP contribution < -0.4 is 0 Å². The Labute approximate surface area is 79.9 Å². The van der Waals surface area contributed by atoms with Crippen molar-refractivity contribution in [2.24, 2.45) is 0 Å². The summed E-state index contributed by atoms with van der Waals surface area (Å²) in [5.74, 6) is 0. The van der Waals surface area contributed by atoms with Crippen molar-refractivity contribution in [3.63, 3.8) is 0 Å². The number of benzene rings is 1. The number of hydrogen-bond donors (Lipinski definition) is 0. The highest BCUT2D eigenvalue weighted by atomic mass is 14.1. The zero-order valence-electron chi connectivity index (χ0n) is 8.01. The Bertz CT molecular complexity index is 330. The van der Waals surface area contributed by atoms with E-state index in [2.05, 4.69) is 19.7 Å². The fraction of sp³-hybridized carbons (Fsp3) is 0.0769. The molecule has 0 nitrogen and oxygen atoms in total. The van der Waals surface area contributed by atoms with Gasteiger partial charge in [-0.05, 0) is 29.2 Å². The molecular formula is C13H14. The molecule has 0 aliphatic heterocycles. The number of rotatable bonds is 3. The van der Waals surface area contributed by atoms with Gasteiger partial charge in [0.1, 0.15) is 0 Å². The SMILES string of the molecule is C=Cc1cccc(C=C)c1C(=C)C. The Balaban J connectivity index is 3.46. The molecule has 0 saturated heterocycles. The quantitative estimate of drug-likeness (QED) is 0.643. The summed E-state index contributed by atoms with van der Waals surface area (Å²) in [6.07, 6.45) is 3.69. The molecule has 0 radical (unpaired) electrons. The summed E-state index contributed by atoms with van der Waals surface area (Å²) in [7, 11) is 0. The van der Waals surface area contributed by atoms with Gasteiger partial charge in [0.15, 0.2) is 0 Å². The van der Waals surface area contributed by atoms with Gasteiger partial charge in [0.25, 0.3) is 0 Å². The van der Waals surface area contributed by atoms with Crippen molar-refractivity contribution < 1.29 is 0 Å². The van der Waals surface area contributed by atoms with Crippen LogP contribution >= 0.6 is 0 Å². The number of hydrogen-bond acceptors (Lipinski definition) is 0. The Morgan fingerprint density at radius 3 is 1.92 bits per heavy atom. The molecule has 0 bridgehead atoms. The van der Waals surface area contributed by atoms with Crippen LogP contribution in [0.2, 0.25) is 0 Å². The molecule has 0 heteroatoms. The summed E-state index contributed by atoms with van der Waals surface area (Å²) in [6, 6.07) is 6.06. The average Bonchev–Trinajstić information content (AvgIpc) is 2.16. The first-order valence-electron chi connectivity index (χ1n) is 4.24. The van der Waals surface area contributed by atoms with Crippen LogP contribution in [0.25, 0.3) is 17.7 Å². The lowest BCUT2D eigenvalue weighted by atomic mass is 9.96. The summed E-state index contributed by atoms with van der Waals surface area (Å²) in [4.78, 5) is 0. The zero-order valence-corrected chi connectivity index (χ0v) is 8.01. The van der Waals surface area contributed by atoms with Gasteiger partial charge in [-0.1, -0.05) is 50.1 Å². The third-order valence-electron chi connectivity index (χ3n) is 2.00. The lowest BCUT2D eigenvalue weighted by molar-refractivity contribution is 1.52. The van der Waals surface area contributed by atoms with Crippen molar-refractivity contribution in [1.82, 2.24) is 0 Å². The van der Waals surface area contributed by atoms with Crippen molar-refractivity contribution in [2.75, 3.05) is 0 Å². The van der Waals surface area contributed by atoms with Crippen molar-refractivity contribution in [3.05, 3.63) is 54.6 Å². The van der Waals surface area contributed by atoms with E-state index in [0.717, 1.165) is 22.3 Å². The standard InChI is InChI=1S/C13H14/c1-5-11-8-7-9-12(6-2)13(11)10(3)4/h5-9H,1-3H2,4H3. The van der Waals surface area contributed by atoms with E-state index in [0.29, 0.717) is 0 Å². The van der Waals surface area contributed by atoms with E-state index in [9.17, 15) is 0 Å². The van der Waals surface area contributed by atoms with Crippen LogP contribution in [0.15, 0.2) is 37.9 Å². The van der Waals surface area contributed by atoms with Crippen LogP contribution in [0.5, 0.6) is 0 Å². The minimum Gasteiger partial charge on any atom is -0.0984 e. The molecule has 0 heterocycles. The predicted molar refractivity (Wildman–Crippen MR) is 61.3 cm³/mol. The molecule has 0 atom stereocenters. The minimum atomic E-state index is 1.05. The highest BCUT2D eigenvalue weighted by Crippen LogP contribution is 2.23.